The molecule has 0 aromatic heterocycles. The molecule has 0 amide bonds. The number of likely N-dealkylation sites (tertiary alicyclic amines) is 1. The maximum Gasteiger partial charge on any atom is 0.0592 e. The Balaban J connectivity index is 2.46. The second kappa shape index (κ2) is 2.89. The van der Waals surface area contributed by atoms with Gasteiger partial charge in [0.15, 0.2) is 0 Å². The number of nitrogens with zero attached hydrogens (tertiary/aromatic N) is 1. The first-order chi connectivity index (χ1) is 4.61. The first-order valence-corrected chi connectivity index (χ1v) is 3.99. The first kappa shape index (κ1) is 8.02. The number of rotatable bonds is 0. The third kappa shape index (κ3) is 1.50. The van der Waals surface area contributed by atoms with Crippen LogP contribution in [0.5, 0.6) is 0 Å². The Morgan fingerprint density at radius 3 is 2.50 bits per heavy atom. The quantitative estimate of drug-likeness (QED) is 0.540. The van der Waals surface area contributed by atoms with Crippen molar-refractivity contribution in [3.8, 4) is 0 Å². The SMILES string of the molecule is C[C@@H]1CN(C)[C@@H](C)C[C@@H]1O. The van der Waals surface area contributed by atoms with Crippen LogP contribution in [-0.4, -0.2) is 35.7 Å². The largest absolute Gasteiger partial charge is 0.393 e. The summed E-state index contributed by atoms with van der Waals surface area (Å²) in [5, 5.41) is 9.44. The lowest BCUT2D eigenvalue weighted by atomic mass is 9.93. The first-order valence-electron chi connectivity index (χ1n) is 3.99. The second-order valence-corrected chi connectivity index (χ2v) is 3.57. The van der Waals surface area contributed by atoms with Crippen LogP contribution in [0.3, 0.4) is 0 Å². The van der Waals surface area contributed by atoms with Gasteiger partial charge in [0.2, 0.25) is 0 Å². The van der Waals surface area contributed by atoms with Crippen molar-refractivity contribution in [1.29, 1.82) is 0 Å². The molecule has 1 fully saturated rings. The molecule has 1 rings (SSSR count). The Labute approximate surface area is 62.8 Å². The van der Waals surface area contributed by atoms with E-state index in [9.17, 15) is 5.11 Å². The van der Waals surface area contributed by atoms with Crippen LogP contribution in [0.15, 0.2) is 0 Å². The van der Waals surface area contributed by atoms with Crippen molar-refractivity contribution in [2.24, 2.45) is 5.92 Å². The molecular weight excluding hydrogens is 126 g/mol. The van der Waals surface area contributed by atoms with Gasteiger partial charge in [-0.05, 0) is 26.3 Å². The van der Waals surface area contributed by atoms with Gasteiger partial charge < -0.3 is 10.0 Å². The number of hydrogen-bond donors (Lipinski definition) is 1. The Hall–Kier alpha value is -0.0800. The third-order valence-corrected chi connectivity index (χ3v) is 2.57. The van der Waals surface area contributed by atoms with Crippen LogP contribution in [-0.2, 0) is 0 Å². The van der Waals surface area contributed by atoms with E-state index in [1.54, 1.807) is 0 Å². The predicted octanol–water partition coefficient (Wildman–Crippen LogP) is 0.707. The van der Waals surface area contributed by atoms with E-state index >= 15 is 0 Å². The fourth-order valence-corrected chi connectivity index (χ4v) is 1.52. The highest BCUT2D eigenvalue weighted by molar-refractivity contribution is 4.80. The summed E-state index contributed by atoms with van der Waals surface area (Å²) < 4.78 is 0. The Morgan fingerprint density at radius 2 is 2.00 bits per heavy atom. The molecule has 1 heterocycles. The van der Waals surface area contributed by atoms with E-state index in [1.165, 1.54) is 0 Å². The lowest BCUT2D eigenvalue weighted by molar-refractivity contribution is 0.0175. The molecule has 0 radical (unpaired) electrons. The van der Waals surface area contributed by atoms with Gasteiger partial charge in [0, 0.05) is 12.6 Å². The van der Waals surface area contributed by atoms with Gasteiger partial charge in [0.05, 0.1) is 6.10 Å². The molecule has 0 spiro atoms. The summed E-state index contributed by atoms with van der Waals surface area (Å²) in [6.07, 6.45) is 0.851. The van der Waals surface area contributed by atoms with E-state index in [-0.39, 0.29) is 6.10 Å². The molecular formula is C8H17NO. The molecule has 1 saturated heterocycles. The van der Waals surface area contributed by atoms with Crippen molar-refractivity contribution in [2.75, 3.05) is 13.6 Å². The molecule has 0 saturated carbocycles. The van der Waals surface area contributed by atoms with Crippen LogP contribution in [0.25, 0.3) is 0 Å². The van der Waals surface area contributed by atoms with E-state index in [0.29, 0.717) is 12.0 Å². The molecule has 0 aliphatic carbocycles. The summed E-state index contributed by atoms with van der Waals surface area (Å²) in [5.41, 5.74) is 0. The smallest absolute Gasteiger partial charge is 0.0592 e. The van der Waals surface area contributed by atoms with Crippen LogP contribution < -0.4 is 0 Å². The van der Waals surface area contributed by atoms with E-state index in [2.05, 4.69) is 25.8 Å². The fourth-order valence-electron chi connectivity index (χ4n) is 1.52. The van der Waals surface area contributed by atoms with Gasteiger partial charge >= 0.3 is 0 Å². The average molecular weight is 143 g/mol. The van der Waals surface area contributed by atoms with Gasteiger partial charge in [0.25, 0.3) is 0 Å². The summed E-state index contributed by atoms with van der Waals surface area (Å²) in [7, 11) is 2.12. The molecule has 0 aromatic carbocycles. The van der Waals surface area contributed by atoms with Gasteiger partial charge in [0.1, 0.15) is 0 Å². The molecule has 0 unspecified atom stereocenters. The highest BCUT2D eigenvalue weighted by Crippen LogP contribution is 2.19. The molecule has 1 N–H and O–H groups in total. The fraction of sp³-hybridized carbons (Fsp3) is 1.00. The lowest BCUT2D eigenvalue weighted by Gasteiger charge is -2.37. The zero-order valence-corrected chi connectivity index (χ0v) is 7.04. The Morgan fingerprint density at radius 1 is 1.40 bits per heavy atom. The summed E-state index contributed by atoms with van der Waals surface area (Å²) in [6.45, 7) is 5.30. The van der Waals surface area contributed by atoms with Crippen LogP contribution >= 0.6 is 0 Å². The number of hydrogen-bond acceptors (Lipinski definition) is 2. The van der Waals surface area contributed by atoms with E-state index in [4.69, 9.17) is 0 Å². The monoisotopic (exact) mass is 143 g/mol. The zero-order valence-electron chi connectivity index (χ0n) is 7.04. The summed E-state index contributed by atoms with van der Waals surface area (Å²) in [5.74, 6) is 0.446. The zero-order chi connectivity index (χ0) is 7.72. The molecule has 10 heavy (non-hydrogen) atoms. The molecule has 1 aliphatic rings. The summed E-state index contributed by atoms with van der Waals surface area (Å²) >= 11 is 0. The van der Waals surface area contributed by atoms with Crippen molar-refractivity contribution in [3.63, 3.8) is 0 Å². The maximum atomic E-state index is 9.44. The van der Waals surface area contributed by atoms with E-state index in [0.717, 1.165) is 13.0 Å². The van der Waals surface area contributed by atoms with Crippen LogP contribution in [0, 0.1) is 5.92 Å². The number of aliphatic hydroxyl groups excluding tert-OH is 1. The predicted molar refractivity (Wildman–Crippen MR) is 41.9 cm³/mol. The van der Waals surface area contributed by atoms with Crippen molar-refractivity contribution < 1.29 is 5.11 Å². The van der Waals surface area contributed by atoms with Gasteiger partial charge in [-0.25, -0.2) is 0 Å². The lowest BCUT2D eigenvalue weighted by Crippen LogP contribution is -2.45. The van der Waals surface area contributed by atoms with Crippen LogP contribution in [0.4, 0.5) is 0 Å². The van der Waals surface area contributed by atoms with E-state index < -0.39 is 0 Å². The molecule has 1 aliphatic heterocycles. The second-order valence-electron chi connectivity index (χ2n) is 3.57. The molecule has 2 heteroatoms. The van der Waals surface area contributed by atoms with Crippen molar-refractivity contribution >= 4 is 0 Å². The van der Waals surface area contributed by atoms with Crippen LogP contribution in [0.2, 0.25) is 0 Å². The highest BCUT2D eigenvalue weighted by Gasteiger charge is 2.26. The highest BCUT2D eigenvalue weighted by atomic mass is 16.3. The van der Waals surface area contributed by atoms with E-state index in [1.807, 2.05) is 0 Å². The van der Waals surface area contributed by atoms with Gasteiger partial charge in [-0.1, -0.05) is 6.92 Å². The molecule has 0 bridgehead atoms. The van der Waals surface area contributed by atoms with Crippen molar-refractivity contribution in [2.45, 2.75) is 32.4 Å². The standard InChI is InChI=1S/C8H17NO/c1-6-5-9(3)7(2)4-8(6)10/h6-8,10H,4-5H2,1-3H3/t6-,7+,8+/m1/s1. The maximum absolute atomic E-state index is 9.44. The third-order valence-electron chi connectivity index (χ3n) is 2.57. The Bertz CT molecular complexity index is 89.8. The number of piperidine rings is 1. The Kier molecular flexibility index (Phi) is 2.32. The molecule has 0 aromatic rings. The van der Waals surface area contributed by atoms with Gasteiger partial charge in [-0.2, -0.15) is 0 Å². The van der Waals surface area contributed by atoms with Crippen LogP contribution in [0.1, 0.15) is 20.3 Å². The minimum Gasteiger partial charge on any atom is -0.393 e. The minimum absolute atomic E-state index is 0.0776. The summed E-state index contributed by atoms with van der Waals surface area (Å²) in [6, 6.07) is 0.547. The van der Waals surface area contributed by atoms with Gasteiger partial charge in [-0.15, -0.1) is 0 Å². The van der Waals surface area contributed by atoms with Crippen molar-refractivity contribution in [3.05, 3.63) is 0 Å². The average Bonchev–Trinajstić information content (AvgIpc) is 1.84. The van der Waals surface area contributed by atoms with Crippen molar-refractivity contribution in [1.82, 2.24) is 4.90 Å². The number of aliphatic hydroxyl groups is 1. The molecule has 3 atom stereocenters. The topological polar surface area (TPSA) is 23.5 Å². The molecule has 2 nitrogen and oxygen atoms in total. The van der Waals surface area contributed by atoms with Gasteiger partial charge in [-0.3, -0.25) is 0 Å². The summed E-state index contributed by atoms with van der Waals surface area (Å²) in [4.78, 5) is 2.30. The minimum atomic E-state index is -0.0776. The normalized spacial score (nSPS) is 43.8. The molecule has 60 valence electrons.